The number of pyridine rings is 1. The minimum atomic E-state index is 0.0307. The van der Waals surface area contributed by atoms with Crippen LogP contribution in [0, 0.1) is 12.8 Å². The zero-order chi connectivity index (χ0) is 15.9. The molecule has 1 aromatic rings. The van der Waals surface area contributed by atoms with Gasteiger partial charge in [-0.1, -0.05) is 13.8 Å². The predicted octanol–water partition coefficient (Wildman–Crippen LogP) is 3.08. The van der Waals surface area contributed by atoms with Crippen molar-refractivity contribution in [3.63, 3.8) is 0 Å². The van der Waals surface area contributed by atoms with E-state index in [1.165, 1.54) is 5.56 Å². The van der Waals surface area contributed by atoms with Crippen molar-refractivity contribution in [2.45, 2.75) is 52.5 Å². The van der Waals surface area contributed by atoms with Crippen LogP contribution in [0.2, 0.25) is 0 Å². The largest absolute Gasteiger partial charge is 0.348 e. The van der Waals surface area contributed by atoms with Gasteiger partial charge in [-0.2, -0.15) is 0 Å². The molecule has 2 heterocycles. The van der Waals surface area contributed by atoms with Gasteiger partial charge in [0.2, 0.25) is 5.91 Å². The Morgan fingerprint density at radius 2 is 2.14 bits per heavy atom. The number of aromatic nitrogens is 1. The molecule has 1 fully saturated rings. The fourth-order valence-electron chi connectivity index (χ4n) is 3.16. The smallest absolute Gasteiger partial charge is 0.220 e. The van der Waals surface area contributed by atoms with E-state index >= 15 is 0 Å². The third kappa shape index (κ3) is 4.80. The van der Waals surface area contributed by atoms with Crippen LogP contribution >= 0.6 is 0 Å². The van der Waals surface area contributed by atoms with Gasteiger partial charge in [-0.05, 0) is 69.4 Å². The minimum absolute atomic E-state index is 0.0307. The lowest BCUT2D eigenvalue weighted by Crippen LogP contribution is -2.36. The predicted molar refractivity (Wildman–Crippen MR) is 89.6 cm³/mol. The second-order valence-corrected chi connectivity index (χ2v) is 6.37. The number of hydrogen-bond acceptors (Lipinski definition) is 3. The van der Waals surface area contributed by atoms with Crippen LogP contribution in [0.3, 0.4) is 0 Å². The van der Waals surface area contributed by atoms with E-state index in [2.05, 4.69) is 42.0 Å². The van der Waals surface area contributed by atoms with Crippen molar-refractivity contribution in [2.75, 3.05) is 19.6 Å². The van der Waals surface area contributed by atoms with Crippen molar-refractivity contribution in [3.05, 3.63) is 29.6 Å². The molecule has 4 nitrogen and oxygen atoms in total. The quantitative estimate of drug-likeness (QED) is 0.878. The van der Waals surface area contributed by atoms with E-state index in [1.54, 1.807) is 0 Å². The molecule has 0 aliphatic carbocycles. The molecule has 0 aromatic carbocycles. The van der Waals surface area contributed by atoms with E-state index in [9.17, 15) is 4.79 Å². The first-order valence-corrected chi connectivity index (χ1v) is 8.56. The average molecular weight is 303 g/mol. The second-order valence-electron chi connectivity index (χ2n) is 6.37. The first kappa shape index (κ1) is 16.9. The van der Waals surface area contributed by atoms with Gasteiger partial charge < -0.3 is 10.2 Å². The summed E-state index contributed by atoms with van der Waals surface area (Å²) < 4.78 is 0. The number of hydrogen-bond donors (Lipinski definition) is 1. The summed E-state index contributed by atoms with van der Waals surface area (Å²) in [6.45, 7) is 9.73. The number of piperidine rings is 1. The molecule has 0 spiro atoms. The maximum Gasteiger partial charge on any atom is 0.220 e. The number of rotatable bonds is 6. The normalized spacial score (nSPS) is 18.1. The maximum absolute atomic E-state index is 12.3. The lowest BCUT2D eigenvalue weighted by molar-refractivity contribution is -0.123. The molecule has 1 aliphatic heterocycles. The van der Waals surface area contributed by atoms with E-state index in [4.69, 9.17) is 0 Å². The summed E-state index contributed by atoms with van der Waals surface area (Å²) in [7, 11) is 0. The number of aryl methyl sites for hydroxylation is 1. The highest BCUT2D eigenvalue weighted by molar-refractivity contribution is 5.76. The lowest BCUT2D eigenvalue weighted by atomic mass is 9.93. The van der Waals surface area contributed by atoms with E-state index in [0.29, 0.717) is 12.3 Å². The first-order valence-electron chi connectivity index (χ1n) is 8.56. The molecule has 0 saturated carbocycles. The van der Waals surface area contributed by atoms with Crippen LogP contribution in [0.4, 0.5) is 0 Å². The van der Waals surface area contributed by atoms with Gasteiger partial charge in [-0.15, -0.1) is 0 Å². The third-order valence-electron chi connectivity index (χ3n) is 4.67. The fourth-order valence-corrected chi connectivity index (χ4v) is 3.16. The molecule has 122 valence electrons. The van der Waals surface area contributed by atoms with Gasteiger partial charge in [0.1, 0.15) is 0 Å². The molecule has 1 N–H and O–H groups in total. The first-order chi connectivity index (χ1) is 10.6. The molecule has 0 bridgehead atoms. The molecule has 1 aliphatic rings. The third-order valence-corrected chi connectivity index (χ3v) is 4.67. The van der Waals surface area contributed by atoms with E-state index in [1.807, 2.05) is 12.3 Å². The van der Waals surface area contributed by atoms with E-state index in [0.717, 1.165) is 44.6 Å². The number of carbonyl (C=O) groups excluding carboxylic acids is 1. The lowest BCUT2D eigenvalue weighted by Gasteiger charge is -2.31. The topological polar surface area (TPSA) is 45.2 Å². The summed E-state index contributed by atoms with van der Waals surface area (Å²) in [5.41, 5.74) is 2.15. The van der Waals surface area contributed by atoms with Crippen molar-refractivity contribution in [1.29, 1.82) is 0 Å². The highest BCUT2D eigenvalue weighted by Gasteiger charge is 2.22. The highest BCUT2D eigenvalue weighted by Crippen LogP contribution is 2.21. The summed E-state index contributed by atoms with van der Waals surface area (Å²) in [6.07, 6.45) is 5.62. The zero-order valence-electron chi connectivity index (χ0n) is 14.1. The number of nitrogens with zero attached hydrogens (tertiary/aromatic N) is 2. The Bertz CT molecular complexity index is 481. The van der Waals surface area contributed by atoms with E-state index in [-0.39, 0.29) is 11.9 Å². The Labute approximate surface area is 134 Å². The molecule has 0 radical (unpaired) electrons. The van der Waals surface area contributed by atoms with Crippen molar-refractivity contribution in [3.8, 4) is 0 Å². The molecule has 2 rings (SSSR count). The molecule has 1 amide bonds. The van der Waals surface area contributed by atoms with Crippen LogP contribution in [0.15, 0.2) is 18.3 Å². The van der Waals surface area contributed by atoms with Crippen LogP contribution in [0.5, 0.6) is 0 Å². The van der Waals surface area contributed by atoms with Crippen molar-refractivity contribution >= 4 is 5.91 Å². The molecule has 1 unspecified atom stereocenters. The van der Waals surface area contributed by atoms with Crippen LogP contribution in [0.25, 0.3) is 0 Å². The number of likely N-dealkylation sites (tertiary alicyclic amines) is 1. The highest BCUT2D eigenvalue weighted by atomic mass is 16.1. The fraction of sp³-hybridized carbons (Fsp3) is 0.667. The van der Waals surface area contributed by atoms with Crippen LogP contribution < -0.4 is 5.32 Å². The summed E-state index contributed by atoms with van der Waals surface area (Å²) in [4.78, 5) is 19.2. The molecule has 1 atom stereocenters. The van der Waals surface area contributed by atoms with Gasteiger partial charge in [0.15, 0.2) is 0 Å². The number of carbonyl (C=O) groups is 1. The Morgan fingerprint density at radius 1 is 1.41 bits per heavy atom. The second kappa shape index (κ2) is 8.28. The summed E-state index contributed by atoms with van der Waals surface area (Å²) >= 11 is 0. The average Bonchev–Trinajstić information content (AvgIpc) is 2.53. The van der Waals surface area contributed by atoms with Crippen molar-refractivity contribution in [1.82, 2.24) is 15.2 Å². The molecule has 4 heteroatoms. The van der Waals surface area contributed by atoms with E-state index < -0.39 is 0 Å². The summed E-state index contributed by atoms with van der Waals surface area (Å²) in [6, 6.07) is 4.08. The molecule has 22 heavy (non-hydrogen) atoms. The van der Waals surface area contributed by atoms with Gasteiger partial charge in [0.05, 0.1) is 11.7 Å². The zero-order valence-corrected chi connectivity index (χ0v) is 14.1. The van der Waals surface area contributed by atoms with Crippen molar-refractivity contribution in [2.24, 2.45) is 5.92 Å². The van der Waals surface area contributed by atoms with Gasteiger partial charge in [0.25, 0.3) is 0 Å². The Morgan fingerprint density at radius 3 is 2.73 bits per heavy atom. The Kier molecular flexibility index (Phi) is 6.37. The van der Waals surface area contributed by atoms with Crippen molar-refractivity contribution < 1.29 is 4.79 Å². The molecular weight excluding hydrogens is 274 g/mol. The molecule has 1 aromatic heterocycles. The maximum atomic E-state index is 12.3. The van der Waals surface area contributed by atoms with Crippen LogP contribution in [0.1, 0.15) is 56.8 Å². The molecule has 1 saturated heterocycles. The molecular formula is C18H29N3O. The Hall–Kier alpha value is -1.42. The SMILES string of the molecule is CCC(NC(=O)CC1CCN(CC)CC1)c1cc(C)ccn1. The van der Waals surface area contributed by atoms with Gasteiger partial charge in [-0.3, -0.25) is 9.78 Å². The van der Waals surface area contributed by atoms with Crippen LogP contribution in [-0.4, -0.2) is 35.4 Å². The van der Waals surface area contributed by atoms with Crippen LogP contribution in [-0.2, 0) is 4.79 Å². The standard InChI is InChI=1S/C18H29N3O/c1-4-16(17-12-14(3)6-9-19-17)20-18(22)13-15-7-10-21(5-2)11-8-15/h6,9,12,15-16H,4-5,7-8,10-11,13H2,1-3H3,(H,20,22). The monoisotopic (exact) mass is 303 g/mol. The summed E-state index contributed by atoms with van der Waals surface area (Å²) in [5.74, 6) is 0.705. The number of nitrogens with one attached hydrogen (secondary N) is 1. The van der Waals surface area contributed by atoms with Gasteiger partial charge in [-0.25, -0.2) is 0 Å². The summed E-state index contributed by atoms with van der Waals surface area (Å²) in [5, 5.41) is 3.17. The Balaban J connectivity index is 1.85. The number of amides is 1. The van der Waals surface area contributed by atoms with Gasteiger partial charge in [0, 0.05) is 12.6 Å². The van der Waals surface area contributed by atoms with Gasteiger partial charge >= 0.3 is 0 Å². The minimum Gasteiger partial charge on any atom is -0.348 e.